The van der Waals surface area contributed by atoms with E-state index >= 15 is 0 Å². The number of amides is 1. The molecule has 1 aromatic rings. The number of nitrogens with one attached hydrogen (secondary N) is 2. The summed E-state index contributed by atoms with van der Waals surface area (Å²) in [7, 11) is 0. The summed E-state index contributed by atoms with van der Waals surface area (Å²) in [6, 6.07) is 0. The van der Waals surface area contributed by atoms with Gasteiger partial charge in [0, 0.05) is 0 Å². The lowest BCUT2D eigenvalue weighted by Gasteiger charge is -2.01. The largest absolute Gasteiger partial charge is 0.295 e. The van der Waals surface area contributed by atoms with Crippen LogP contribution in [0.2, 0.25) is 0 Å². The maximum absolute atomic E-state index is 12.1. The van der Waals surface area contributed by atoms with E-state index in [9.17, 15) is 4.79 Å². The van der Waals surface area contributed by atoms with Gasteiger partial charge in [-0.2, -0.15) is 10.1 Å². The van der Waals surface area contributed by atoms with Crippen LogP contribution >= 0.6 is 0 Å². The van der Waals surface area contributed by atoms with Gasteiger partial charge in [0.1, 0.15) is 6.33 Å². The first-order valence-corrected chi connectivity index (χ1v) is 5.74. The minimum absolute atomic E-state index is 0.00856. The number of hydrogen-bond donors (Lipinski definition) is 2. The molecule has 1 aromatic heterocycles. The standard InChI is InChI=1S/C12H18N4O/c1-7(2)5-8-9(12(8,3)4)10(17)15-11-13-6-14-16-11/h5-6,8-9H,1-4H3,(H2,13,14,15,16,17)/t8-,9+/m1/s1. The summed E-state index contributed by atoms with van der Waals surface area (Å²) in [4.78, 5) is 15.9. The molecule has 2 rings (SSSR count). The highest BCUT2D eigenvalue weighted by Gasteiger charge is 2.60. The van der Waals surface area contributed by atoms with E-state index in [1.807, 2.05) is 0 Å². The first-order valence-electron chi connectivity index (χ1n) is 5.74. The topological polar surface area (TPSA) is 70.7 Å². The zero-order valence-corrected chi connectivity index (χ0v) is 10.6. The molecule has 1 aliphatic carbocycles. The summed E-state index contributed by atoms with van der Waals surface area (Å²) in [5, 5.41) is 9.07. The Kier molecular flexibility index (Phi) is 2.77. The molecule has 1 heterocycles. The van der Waals surface area contributed by atoms with Gasteiger partial charge in [0.05, 0.1) is 5.92 Å². The van der Waals surface area contributed by atoms with Crippen molar-refractivity contribution in [3.8, 4) is 0 Å². The van der Waals surface area contributed by atoms with Gasteiger partial charge in [-0.1, -0.05) is 25.5 Å². The third-order valence-electron chi connectivity index (χ3n) is 3.36. The number of carbonyl (C=O) groups is 1. The highest BCUT2D eigenvalue weighted by Crippen LogP contribution is 2.59. The number of aromatic amines is 1. The van der Waals surface area contributed by atoms with E-state index in [1.165, 1.54) is 11.9 Å². The highest BCUT2D eigenvalue weighted by molar-refractivity contribution is 5.94. The molecule has 0 spiro atoms. The molecule has 1 amide bonds. The molecular weight excluding hydrogens is 216 g/mol. The number of rotatable bonds is 3. The first-order chi connectivity index (χ1) is 7.93. The predicted molar refractivity (Wildman–Crippen MR) is 65.2 cm³/mol. The quantitative estimate of drug-likeness (QED) is 0.786. The molecule has 0 unspecified atom stereocenters. The predicted octanol–water partition coefficient (Wildman–Crippen LogP) is 1.98. The Hall–Kier alpha value is -1.65. The number of carbonyl (C=O) groups excluding carboxylic acids is 1. The molecule has 17 heavy (non-hydrogen) atoms. The second-order valence-electron chi connectivity index (χ2n) is 5.39. The molecule has 1 saturated carbocycles. The van der Waals surface area contributed by atoms with E-state index in [-0.39, 0.29) is 17.2 Å². The number of allylic oxidation sites excluding steroid dienone is 2. The Morgan fingerprint density at radius 2 is 2.24 bits per heavy atom. The fourth-order valence-electron chi connectivity index (χ4n) is 2.31. The third kappa shape index (κ3) is 2.23. The van der Waals surface area contributed by atoms with Crippen molar-refractivity contribution in [3.05, 3.63) is 18.0 Å². The van der Waals surface area contributed by atoms with Crippen LogP contribution in [0, 0.1) is 17.3 Å². The zero-order chi connectivity index (χ0) is 12.6. The molecule has 1 aliphatic rings. The van der Waals surface area contributed by atoms with Gasteiger partial charge < -0.3 is 0 Å². The fourth-order valence-corrected chi connectivity index (χ4v) is 2.31. The number of aromatic nitrogens is 3. The Morgan fingerprint density at radius 1 is 1.53 bits per heavy atom. The molecule has 0 aliphatic heterocycles. The molecule has 0 radical (unpaired) electrons. The number of hydrogen-bond acceptors (Lipinski definition) is 3. The first kappa shape index (κ1) is 11.8. The number of anilines is 1. The van der Waals surface area contributed by atoms with Crippen molar-refractivity contribution in [3.63, 3.8) is 0 Å². The minimum Gasteiger partial charge on any atom is -0.295 e. The molecule has 5 heteroatoms. The molecule has 0 aromatic carbocycles. The van der Waals surface area contributed by atoms with Crippen LogP contribution in [0.1, 0.15) is 27.7 Å². The lowest BCUT2D eigenvalue weighted by Crippen LogP contribution is -2.17. The Balaban J connectivity index is 2.04. The van der Waals surface area contributed by atoms with E-state index in [4.69, 9.17) is 0 Å². The lowest BCUT2D eigenvalue weighted by atomic mass is 10.1. The van der Waals surface area contributed by atoms with Gasteiger partial charge in [-0.05, 0) is 25.2 Å². The van der Waals surface area contributed by atoms with E-state index in [2.05, 4.69) is 54.3 Å². The van der Waals surface area contributed by atoms with Gasteiger partial charge in [0.15, 0.2) is 0 Å². The molecule has 5 nitrogen and oxygen atoms in total. The molecule has 2 atom stereocenters. The molecular formula is C12H18N4O. The maximum atomic E-state index is 12.1. The summed E-state index contributed by atoms with van der Waals surface area (Å²) in [6.07, 6.45) is 3.55. The van der Waals surface area contributed by atoms with Gasteiger partial charge in [0.25, 0.3) is 0 Å². The van der Waals surface area contributed by atoms with Crippen LogP contribution < -0.4 is 5.32 Å². The van der Waals surface area contributed by atoms with Crippen LogP contribution in [0.4, 0.5) is 5.95 Å². The van der Waals surface area contributed by atoms with Gasteiger partial charge in [-0.3, -0.25) is 10.1 Å². The van der Waals surface area contributed by atoms with Crippen molar-refractivity contribution in [1.29, 1.82) is 0 Å². The van der Waals surface area contributed by atoms with Gasteiger partial charge in [-0.25, -0.2) is 5.10 Å². The van der Waals surface area contributed by atoms with Crippen molar-refractivity contribution in [2.75, 3.05) is 5.32 Å². The molecule has 1 fully saturated rings. The zero-order valence-electron chi connectivity index (χ0n) is 10.6. The SMILES string of the molecule is CC(C)=C[C@@H]1[C@@H](C(=O)Nc2ncn[nH]2)C1(C)C. The summed E-state index contributed by atoms with van der Waals surface area (Å²) in [5.74, 6) is 0.751. The average molecular weight is 234 g/mol. The third-order valence-corrected chi connectivity index (χ3v) is 3.36. The number of nitrogens with zero attached hydrogens (tertiary/aromatic N) is 2. The van der Waals surface area contributed by atoms with Crippen LogP contribution in [0.25, 0.3) is 0 Å². The summed E-state index contributed by atoms with van der Waals surface area (Å²) in [6.45, 7) is 8.34. The van der Waals surface area contributed by atoms with Crippen LogP contribution in [0.15, 0.2) is 18.0 Å². The van der Waals surface area contributed by atoms with Crippen molar-refractivity contribution >= 4 is 11.9 Å². The van der Waals surface area contributed by atoms with Gasteiger partial charge >= 0.3 is 0 Å². The van der Waals surface area contributed by atoms with Crippen LogP contribution in [0.5, 0.6) is 0 Å². The van der Waals surface area contributed by atoms with Gasteiger partial charge in [0.2, 0.25) is 11.9 Å². The summed E-state index contributed by atoms with van der Waals surface area (Å²) < 4.78 is 0. The van der Waals surface area contributed by atoms with Crippen molar-refractivity contribution in [2.24, 2.45) is 17.3 Å². The Morgan fingerprint density at radius 3 is 2.76 bits per heavy atom. The van der Waals surface area contributed by atoms with Crippen molar-refractivity contribution in [1.82, 2.24) is 15.2 Å². The lowest BCUT2D eigenvalue weighted by molar-refractivity contribution is -0.118. The van der Waals surface area contributed by atoms with Crippen molar-refractivity contribution in [2.45, 2.75) is 27.7 Å². The summed E-state index contributed by atoms with van der Waals surface area (Å²) >= 11 is 0. The smallest absolute Gasteiger partial charge is 0.231 e. The average Bonchev–Trinajstić information content (AvgIpc) is 2.64. The minimum atomic E-state index is 0.00856. The van der Waals surface area contributed by atoms with E-state index < -0.39 is 0 Å². The van der Waals surface area contributed by atoms with Crippen LogP contribution in [0.3, 0.4) is 0 Å². The fraction of sp³-hybridized carbons (Fsp3) is 0.583. The van der Waals surface area contributed by atoms with Crippen LogP contribution in [-0.2, 0) is 4.79 Å². The Bertz CT molecular complexity index is 443. The van der Waals surface area contributed by atoms with E-state index in [0.29, 0.717) is 11.9 Å². The highest BCUT2D eigenvalue weighted by atomic mass is 16.2. The second-order valence-corrected chi connectivity index (χ2v) is 5.39. The maximum Gasteiger partial charge on any atom is 0.231 e. The molecule has 0 saturated heterocycles. The Labute approximate surface area is 101 Å². The molecule has 2 N–H and O–H groups in total. The normalized spacial score (nSPS) is 25.2. The number of H-pyrrole nitrogens is 1. The summed E-state index contributed by atoms with van der Waals surface area (Å²) in [5.41, 5.74) is 1.28. The molecule has 0 bridgehead atoms. The second kappa shape index (κ2) is 3.98. The monoisotopic (exact) mass is 234 g/mol. The molecule has 92 valence electrons. The van der Waals surface area contributed by atoms with Gasteiger partial charge in [-0.15, -0.1) is 0 Å². The van der Waals surface area contributed by atoms with E-state index in [1.54, 1.807) is 0 Å². The van der Waals surface area contributed by atoms with Crippen molar-refractivity contribution < 1.29 is 4.79 Å². The van der Waals surface area contributed by atoms with Crippen LogP contribution in [-0.4, -0.2) is 21.1 Å². The van der Waals surface area contributed by atoms with E-state index in [0.717, 1.165) is 0 Å².